The Morgan fingerprint density at radius 1 is 0.909 bits per heavy atom. The number of carbonyl (C=O) groups is 1. The number of halogens is 1. The van der Waals surface area contributed by atoms with Crippen LogP contribution in [0.4, 0.5) is 0 Å². The summed E-state index contributed by atoms with van der Waals surface area (Å²) in [6.45, 7) is 3.36. The van der Waals surface area contributed by atoms with Crippen LogP contribution in [0.1, 0.15) is 32.7 Å². The van der Waals surface area contributed by atoms with Crippen LogP contribution in [-0.2, 0) is 19.6 Å². The van der Waals surface area contributed by atoms with Crippen molar-refractivity contribution in [2.24, 2.45) is 0 Å². The summed E-state index contributed by atoms with van der Waals surface area (Å²) >= 11 is 6.49. The standard InChI is InChI=1S/C27H26ClN3O2/c1-20-25(26(28)31(30-20)18-22-8-4-2-5-9-22)27(32)29-17-16-21-12-14-24(15-13-21)33-19-23-10-6-3-7-11-23/h2-15H,16-19H2,1H3,(H,29,32). The molecule has 1 aromatic heterocycles. The number of nitrogens with one attached hydrogen (secondary N) is 1. The van der Waals surface area contributed by atoms with Crippen LogP contribution in [0.5, 0.6) is 5.75 Å². The van der Waals surface area contributed by atoms with Gasteiger partial charge in [-0.2, -0.15) is 5.10 Å². The molecule has 0 aliphatic carbocycles. The van der Waals surface area contributed by atoms with E-state index in [-0.39, 0.29) is 5.91 Å². The van der Waals surface area contributed by atoms with Gasteiger partial charge in [-0.05, 0) is 42.2 Å². The molecule has 0 bridgehead atoms. The van der Waals surface area contributed by atoms with Crippen LogP contribution in [0.25, 0.3) is 0 Å². The van der Waals surface area contributed by atoms with E-state index in [0.717, 1.165) is 22.4 Å². The fraction of sp³-hybridized carbons (Fsp3) is 0.185. The van der Waals surface area contributed by atoms with E-state index in [0.29, 0.717) is 42.5 Å². The second-order valence-corrected chi connectivity index (χ2v) is 8.18. The molecule has 33 heavy (non-hydrogen) atoms. The van der Waals surface area contributed by atoms with Crippen molar-refractivity contribution >= 4 is 17.5 Å². The minimum absolute atomic E-state index is 0.209. The van der Waals surface area contributed by atoms with Crippen molar-refractivity contribution in [3.05, 3.63) is 118 Å². The Kier molecular flexibility index (Phi) is 7.43. The van der Waals surface area contributed by atoms with Crippen molar-refractivity contribution in [3.8, 4) is 5.75 Å². The Hall–Kier alpha value is -3.57. The second kappa shape index (κ2) is 10.8. The molecule has 0 radical (unpaired) electrons. The molecule has 3 aromatic carbocycles. The largest absolute Gasteiger partial charge is 0.489 e. The van der Waals surface area contributed by atoms with Crippen LogP contribution in [0, 0.1) is 6.92 Å². The van der Waals surface area contributed by atoms with Gasteiger partial charge >= 0.3 is 0 Å². The summed E-state index contributed by atoms with van der Waals surface area (Å²) in [6.07, 6.45) is 0.708. The number of hydrogen-bond acceptors (Lipinski definition) is 3. The predicted octanol–water partition coefficient (Wildman–Crippen LogP) is 5.44. The molecule has 1 amide bonds. The molecular formula is C27H26ClN3O2. The fourth-order valence-electron chi connectivity index (χ4n) is 3.57. The number of aryl methyl sites for hydroxylation is 1. The lowest BCUT2D eigenvalue weighted by atomic mass is 10.1. The predicted molar refractivity (Wildman–Crippen MR) is 131 cm³/mol. The molecule has 4 rings (SSSR count). The fourth-order valence-corrected chi connectivity index (χ4v) is 3.89. The first-order chi connectivity index (χ1) is 16.1. The van der Waals surface area contributed by atoms with Crippen molar-refractivity contribution < 1.29 is 9.53 Å². The second-order valence-electron chi connectivity index (χ2n) is 7.82. The lowest BCUT2D eigenvalue weighted by molar-refractivity contribution is 0.0953. The van der Waals surface area contributed by atoms with E-state index in [9.17, 15) is 4.79 Å². The van der Waals surface area contributed by atoms with E-state index in [1.807, 2.05) is 84.9 Å². The van der Waals surface area contributed by atoms with Crippen LogP contribution in [0.2, 0.25) is 5.15 Å². The van der Waals surface area contributed by atoms with Gasteiger partial charge in [0.2, 0.25) is 0 Å². The molecule has 6 heteroatoms. The monoisotopic (exact) mass is 459 g/mol. The topological polar surface area (TPSA) is 56.2 Å². The molecule has 0 saturated carbocycles. The third kappa shape index (κ3) is 6.02. The van der Waals surface area contributed by atoms with Gasteiger partial charge in [0.1, 0.15) is 17.5 Å². The van der Waals surface area contributed by atoms with Crippen LogP contribution >= 0.6 is 11.6 Å². The molecule has 0 saturated heterocycles. The Morgan fingerprint density at radius 2 is 1.55 bits per heavy atom. The molecule has 0 spiro atoms. The lowest BCUT2D eigenvalue weighted by Crippen LogP contribution is -2.26. The van der Waals surface area contributed by atoms with Crippen LogP contribution in [0.3, 0.4) is 0 Å². The molecule has 0 aliphatic heterocycles. The van der Waals surface area contributed by atoms with Crippen LogP contribution in [-0.4, -0.2) is 22.2 Å². The van der Waals surface area contributed by atoms with Gasteiger partial charge in [0, 0.05) is 6.54 Å². The SMILES string of the molecule is Cc1nn(Cc2ccccc2)c(Cl)c1C(=O)NCCc1ccc(OCc2ccccc2)cc1. The van der Waals surface area contributed by atoms with Gasteiger partial charge in [-0.15, -0.1) is 0 Å². The van der Waals surface area contributed by atoms with Crippen molar-refractivity contribution in [2.45, 2.75) is 26.5 Å². The van der Waals surface area contributed by atoms with Gasteiger partial charge < -0.3 is 10.1 Å². The summed E-state index contributed by atoms with van der Waals surface area (Å²) in [5.74, 6) is 0.611. The lowest BCUT2D eigenvalue weighted by Gasteiger charge is -2.08. The summed E-state index contributed by atoms with van der Waals surface area (Å²) in [5, 5.41) is 7.77. The normalized spacial score (nSPS) is 10.7. The average molecular weight is 460 g/mol. The highest BCUT2D eigenvalue weighted by Gasteiger charge is 2.20. The highest BCUT2D eigenvalue weighted by molar-refractivity contribution is 6.33. The van der Waals surface area contributed by atoms with Crippen molar-refractivity contribution in [2.75, 3.05) is 6.54 Å². The minimum atomic E-state index is -0.209. The van der Waals surface area contributed by atoms with Gasteiger partial charge in [-0.25, -0.2) is 4.68 Å². The first-order valence-corrected chi connectivity index (χ1v) is 11.3. The van der Waals surface area contributed by atoms with E-state index in [1.165, 1.54) is 0 Å². The first-order valence-electron chi connectivity index (χ1n) is 10.9. The van der Waals surface area contributed by atoms with Crippen molar-refractivity contribution in [1.82, 2.24) is 15.1 Å². The zero-order valence-electron chi connectivity index (χ0n) is 18.5. The molecule has 0 unspecified atom stereocenters. The third-order valence-electron chi connectivity index (χ3n) is 5.34. The Morgan fingerprint density at radius 3 is 2.21 bits per heavy atom. The summed E-state index contributed by atoms with van der Waals surface area (Å²) in [5.41, 5.74) is 4.37. The van der Waals surface area contributed by atoms with Gasteiger partial charge in [0.15, 0.2) is 0 Å². The molecule has 0 aliphatic rings. The molecule has 4 aromatic rings. The minimum Gasteiger partial charge on any atom is -0.489 e. The zero-order chi connectivity index (χ0) is 23.0. The van der Waals surface area contributed by atoms with Gasteiger partial charge in [0.25, 0.3) is 5.91 Å². The van der Waals surface area contributed by atoms with E-state index < -0.39 is 0 Å². The Bertz CT molecular complexity index is 1190. The Balaban J connectivity index is 1.28. The van der Waals surface area contributed by atoms with Gasteiger partial charge in [-0.1, -0.05) is 84.4 Å². The summed E-state index contributed by atoms with van der Waals surface area (Å²) in [4.78, 5) is 12.7. The van der Waals surface area contributed by atoms with E-state index in [2.05, 4.69) is 10.4 Å². The van der Waals surface area contributed by atoms with Crippen molar-refractivity contribution in [1.29, 1.82) is 0 Å². The smallest absolute Gasteiger partial charge is 0.256 e. The highest BCUT2D eigenvalue weighted by Crippen LogP contribution is 2.21. The maximum absolute atomic E-state index is 12.7. The number of nitrogens with zero attached hydrogens (tertiary/aromatic N) is 2. The molecule has 0 atom stereocenters. The molecule has 0 fully saturated rings. The van der Waals surface area contributed by atoms with Crippen LogP contribution < -0.4 is 10.1 Å². The first kappa shape index (κ1) is 22.6. The summed E-state index contributed by atoms with van der Waals surface area (Å²) < 4.78 is 7.49. The summed E-state index contributed by atoms with van der Waals surface area (Å²) in [7, 11) is 0. The molecule has 1 heterocycles. The van der Waals surface area contributed by atoms with Crippen molar-refractivity contribution in [3.63, 3.8) is 0 Å². The number of carbonyl (C=O) groups excluding carboxylic acids is 1. The quantitative estimate of drug-likeness (QED) is 0.362. The van der Waals surface area contributed by atoms with E-state index in [4.69, 9.17) is 16.3 Å². The number of rotatable bonds is 9. The average Bonchev–Trinajstić information content (AvgIpc) is 3.12. The zero-order valence-corrected chi connectivity index (χ0v) is 19.3. The van der Waals surface area contributed by atoms with Gasteiger partial charge in [-0.3, -0.25) is 4.79 Å². The van der Waals surface area contributed by atoms with Gasteiger partial charge in [0.05, 0.1) is 17.8 Å². The summed E-state index contributed by atoms with van der Waals surface area (Å²) in [6, 6.07) is 27.9. The van der Waals surface area contributed by atoms with E-state index in [1.54, 1.807) is 11.6 Å². The molecule has 1 N–H and O–H groups in total. The highest BCUT2D eigenvalue weighted by atomic mass is 35.5. The van der Waals surface area contributed by atoms with Crippen LogP contribution in [0.15, 0.2) is 84.9 Å². The molecule has 168 valence electrons. The number of hydrogen-bond donors (Lipinski definition) is 1. The number of aromatic nitrogens is 2. The number of ether oxygens (including phenoxy) is 1. The molecular weight excluding hydrogens is 434 g/mol. The number of benzene rings is 3. The third-order valence-corrected chi connectivity index (χ3v) is 5.72. The molecule has 5 nitrogen and oxygen atoms in total. The van der Waals surface area contributed by atoms with E-state index >= 15 is 0 Å². The number of amides is 1. The maximum atomic E-state index is 12.7. The maximum Gasteiger partial charge on any atom is 0.256 e. The Labute approximate surface area is 199 Å².